The number of alkyl carbamates (subject to hydrolysis) is 1. The summed E-state index contributed by atoms with van der Waals surface area (Å²) < 4.78 is 38.2. The summed E-state index contributed by atoms with van der Waals surface area (Å²) in [5, 5.41) is 14.5. The second-order valence-corrected chi connectivity index (χ2v) is 20.1. The summed E-state index contributed by atoms with van der Waals surface area (Å²) >= 11 is 0. The molecule has 2 aromatic heterocycles. The smallest absolute Gasteiger partial charge is 0.407 e. The number of rotatable bonds is 11. The summed E-state index contributed by atoms with van der Waals surface area (Å²) in [5.74, 6) is -1.76. The predicted octanol–water partition coefficient (Wildman–Crippen LogP) is 9.46. The zero-order valence-corrected chi connectivity index (χ0v) is 39.0. The Bertz CT molecular complexity index is 2640. The summed E-state index contributed by atoms with van der Waals surface area (Å²) in [5.41, 5.74) is 5.11. The van der Waals surface area contributed by atoms with Gasteiger partial charge < -0.3 is 40.2 Å². The number of nitrogens with one attached hydrogen (secondary N) is 4. The highest BCUT2D eigenvalue weighted by molar-refractivity contribution is 5.87. The van der Waals surface area contributed by atoms with E-state index in [0.717, 1.165) is 17.5 Å². The number of H-pyrrole nitrogens is 2. The molecule has 0 radical (unpaired) electrons. The van der Waals surface area contributed by atoms with Gasteiger partial charge >= 0.3 is 12.2 Å². The van der Waals surface area contributed by atoms with Gasteiger partial charge in [-0.1, -0.05) is 72.7 Å². The molecule has 4 amide bonds. The quantitative estimate of drug-likeness (QED) is 0.0868. The lowest BCUT2D eigenvalue weighted by Crippen LogP contribution is -2.51. The lowest BCUT2D eigenvalue weighted by Gasteiger charge is -2.29. The minimum absolute atomic E-state index is 0.104. The third kappa shape index (κ3) is 8.94. The number of amides is 4. The Labute approximate surface area is 383 Å². The highest BCUT2D eigenvalue weighted by Crippen LogP contribution is 2.55. The Morgan fingerprint density at radius 1 is 0.727 bits per heavy atom. The van der Waals surface area contributed by atoms with Crippen LogP contribution in [-0.4, -0.2) is 91.1 Å². The van der Waals surface area contributed by atoms with Crippen molar-refractivity contribution in [3.63, 3.8) is 0 Å². The molecule has 66 heavy (non-hydrogen) atoms. The van der Waals surface area contributed by atoms with Gasteiger partial charge in [0.05, 0.1) is 41.3 Å². The molecule has 4 heterocycles. The molecule has 3 fully saturated rings. The molecule has 0 bridgehead atoms. The molecule has 3 aliphatic rings. The number of benzene rings is 3. The minimum Gasteiger partial charge on any atom is -0.465 e. The molecule has 3 unspecified atom stereocenters. The molecule has 2 saturated heterocycles. The minimum atomic E-state index is -1.27. The van der Waals surface area contributed by atoms with E-state index < -0.39 is 48.0 Å². The van der Waals surface area contributed by atoms with Crippen molar-refractivity contribution in [3.8, 4) is 0 Å². The fourth-order valence-corrected chi connectivity index (χ4v) is 10.7. The summed E-state index contributed by atoms with van der Waals surface area (Å²) in [4.78, 5) is 71.1. The first-order chi connectivity index (χ1) is 31.3. The van der Waals surface area contributed by atoms with Gasteiger partial charge in [-0.25, -0.2) is 28.3 Å². The number of imidazole rings is 2. The fourth-order valence-electron chi connectivity index (χ4n) is 10.7. The van der Waals surface area contributed by atoms with Gasteiger partial charge in [-0.2, -0.15) is 0 Å². The van der Waals surface area contributed by atoms with Crippen molar-refractivity contribution in [2.45, 2.75) is 134 Å². The van der Waals surface area contributed by atoms with Crippen LogP contribution in [-0.2, 0) is 19.7 Å². The number of carbonyl (C=O) groups excluding carboxylic acids is 3. The van der Waals surface area contributed by atoms with Crippen molar-refractivity contribution in [2.75, 3.05) is 20.2 Å². The highest BCUT2D eigenvalue weighted by atomic mass is 19.1. The number of methoxy groups -OCH3 is 1. The van der Waals surface area contributed by atoms with Crippen LogP contribution in [0.2, 0.25) is 0 Å². The van der Waals surface area contributed by atoms with Gasteiger partial charge in [-0.05, 0) is 108 Å². The summed E-state index contributed by atoms with van der Waals surface area (Å²) in [6.07, 6.45) is 1.93. The summed E-state index contributed by atoms with van der Waals surface area (Å²) in [7, 11) is 1.26. The fraction of sp³-hybridized carbons (Fsp3) is 0.520. The van der Waals surface area contributed by atoms with Crippen LogP contribution in [0.3, 0.4) is 0 Å². The number of halogens is 2. The maximum absolute atomic E-state index is 16.7. The van der Waals surface area contributed by atoms with E-state index in [2.05, 4.69) is 65.6 Å². The van der Waals surface area contributed by atoms with Crippen molar-refractivity contribution < 1.29 is 37.8 Å². The van der Waals surface area contributed by atoms with Gasteiger partial charge in [0.2, 0.25) is 11.8 Å². The van der Waals surface area contributed by atoms with Crippen LogP contribution >= 0.6 is 0 Å². The molecular formula is C50H62F2N8O6. The number of carbonyl (C=O) groups is 4. The number of likely N-dealkylation sites (tertiary alicyclic amines) is 2. The van der Waals surface area contributed by atoms with Crippen molar-refractivity contribution in [2.24, 2.45) is 11.8 Å². The highest BCUT2D eigenvalue weighted by Gasteiger charge is 2.43. The van der Waals surface area contributed by atoms with Gasteiger partial charge in [0.25, 0.3) is 0 Å². The number of aromatic nitrogens is 4. The average Bonchev–Trinajstić information content (AvgIpc) is 4.12. The lowest BCUT2D eigenvalue weighted by molar-refractivity contribution is -0.136. The van der Waals surface area contributed by atoms with Crippen LogP contribution in [0.15, 0.2) is 48.5 Å². The van der Waals surface area contributed by atoms with Gasteiger partial charge in [0.1, 0.15) is 35.4 Å². The number of ether oxygens (including phenoxy) is 1. The molecular weight excluding hydrogens is 847 g/mol. The van der Waals surface area contributed by atoms with E-state index in [0.29, 0.717) is 90.0 Å². The van der Waals surface area contributed by atoms with Crippen LogP contribution in [0, 0.1) is 23.5 Å². The standard InChI is InChI=1S/C50H62F2N8O6/c1-25(2)42(57-48(63)64)46(61)59-19-9-11-39(59)44-53-35-21-31(33(51)23-37(35)55-44)29-17-18-30(41(29)27-13-15-28(16-14-27)50(5,6)7)32-22-36-38(24-34(32)52)56-45(54-36)40-12-10-20-60(40)47(62)43(26(3)4)58-49(65)66-8/h13-16,21-26,29-30,39-43,57H,9-12,17-20H2,1-8H3,(H,53,55)(H,54,56)(H,58,65)(H,63,64)/t29?,30?,39-,40-,41?,42-,43-/m0/s1. The SMILES string of the molecule is COC(=O)N[C@H](C(=O)N1CCC[C@H]1c1nc2cc(F)c(C3CCC(c4cc5[nH]c([C@@H]6CCCN6C(=O)[C@@H](NC(=O)O)C(C)C)nc5cc4F)C3c3ccc(C(C)(C)C)cc3)cc2[nH]1)C(C)C. The molecule has 1 saturated carbocycles. The number of hydrogen-bond acceptors (Lipinski definition) is 7. The molecule has 8 rings (SSSR count). The van der Waals surface area contributed by atoms with E-state index in [9.17, 15) is 24.3 Å². The second kappa shape index (κ2) is 18.3. The zero-order valence-electron chi connectivity index (χ0n) is 39.0. The van der Waals surface area contributed by atoms with E-state index in [-0.39, 0.29) is 46.8 Å². The molecule has 3 aromatic carbocycles. The molecule has 7 atom stereocenters. The van der Waals surface area contributed by atoms with E-state index in [4.69, 9.17) is 14.7 Å². The first-order valence-electron chi connectivity index (χ1n) is 23.3. The Morgan fingerprint density at radius 3 is 1.59 bits per heavy atom. The normalized spacial score (nSPS) is 22.2. The second-order valence-electron chi connectivity index (χ2n) is 20.1. The molecule has 5 N–H and O–H groups in total. The summed E-state index contributed by atoms with van der Waals surface area (Å²) in [6, 6.07) is 12.4. The van der Waals surface area contributed by atoms with Gasteiger partial charge in [0, 0.05) is 25.2 Å². The lowest BCUT2D eigenvalue weighted by atomic mass is 9.76. The number of hydrogen-bond donors (Lipinski definition) is 5. The largest absolute Gasteiger partial charge is 0.465 e. The van der Waals surface area contributed by atoms with Crippen molar-refractivity contribution in [3.05, 3.63) is 94.1 Å². The Balaban J connectivity index is 1.13. The molecule has 1 aliphatic carbocycles. The topological polar surface area (TPSA) is 186 Å². The predicted molar refractivity (Wildman–Crippen MR) is 246 cm³/mol. The molecule has 0 spiro atoms. The Kier molecular flexibility index (Phi) is 12.9. The first kappa shape index (κ1) is 46.5. The van der Waals surface area contributed by atoms with E-state index >= 15 is 8.78 Å². The monoisotopic (exact) mass is 908 g/mol. The molecule has 2 aliphatic heterocycles. The molecule has 352 valence electrons. The maximum Gasteiger partial charge on any atom is 0.407 e. The van der Waals surface area contributed by atoms with Crippen LogP contribution in [0.5, 0.6) is 0 Å². The van der Waals surface area contributed by atoms with Crippen LogP contribution in [0.4, 0.5) is 18.4 Å². The average molecular weight is 909 g/mol. The Hall–Kier alpha value is -6.06. The van der Waals surface area contributed by atoms with Crippen molar-refractivity contribution in [1.29, 1.82) is 0 Å². The number of nitrogens with zero attached hydrogens (tertiary/aromatic N) is 4. The van der Waals surface area contributed by atoms with Gasteiger partial charge in [-0.3, -0.25) is 9.59 Å². The Morgan fingerprint density at radius 2 is 1.18 bits per heavy atom. The summed E-state index contributed by atoms with van der Waals surface area (Å²) in [6.45, 7) is 14.7. The number of carboxylic acid groups (broad SMARTS) is 1. The first-order valence-corrected chi connectivity index (χ1v) is 23.3. The van der Waals surface area contributed by atoms with Crippen molar-refractivity contribution >= 4 is 46.1 Å². The number of aromatic amines is 2. The zero-order chi connectivity index (χ0) is 47.4. The molecule has 5 aromatic rings. The third-order valence-electron chi connectivity index (χ3n) is 14.2. The van der Waals surface area contributed by atoms with Crippen LogP contribution < -0.4 is 10.6 Å². The molecule has 16 heteroatoms. The van der Waals surface area contributed by atoms with E-state index in [1.165, 1.54) is 19.2 Å². The molecule has 14 nitrogen and oxygen atoms in total. The van der Waals surface area contributed by atoms with E-state index in [1.807, 2.05) is 26.0 Å². The third-order valence-corrected chi connectivity index (χ3v) is 14.2. The van der Waals surface area contributed by atoms with E-state index in [1.54, 1.807) is 23.6 Å². The maximum atomic E-state index is 16.7. The van der Waals surface area contributed by atoms with Crippen LogP contribution in [0.1, 0.15) is 151 Å². The van der Waals surface area contributed by atoms with Gasteiger partial charge in [0.15, 0.2) is 0 Å². The van der Waals surface area contributed by atoms with Crippen molar-refractivity contribution in [1.82, 2.24) is 40.4 Å². The van der Waals surface area contributed by atoms with Crippen LogP contribution in [0.25, 0.3) is 22.1 Å². The van der Waals surface area contributed by atoms with Gasteiger partial charge in [-0.15, -0.1) is 0 Å². The number of fused-ring (bicyclic) bond motifs is 2.